The van der Waals surface area contributed by atoms with Crippen molar-refractivity contribution in [3.05, 3.63) is 40.4 Å². The van der Waals surface area contributed by atoms with E-state index in [-0.39, 0.29) is 35.7 Å². The van der Waals surface area contributed by atoms with Gasteiger partial charge in [-0.1, -0.05) is 44.4 Å². The lowest BCUT2D eigenvalue weighted by molar-refractivity contribution is -0.124. The van der Waals surface area contributed by atoms with Crippen LogP contribution in [0.2, 0.25) is 0 Å². The van der Waals surface area contributed by atoms with Crippen LogP contribution in [-0.4, -0.2) is 38.6 Å². The van der Waals surface area contributed by atoms with Crippen LogP contribution in [0.15, 0.2) is 29.3 Å². The molecular formula is C25H31N3O3S. The van der Waals surface area contributed by atoms with Gasteiger partial charge in [0, 0.05) is 29.2 Å². The predicted molar refractivity (Wildman–Crippen MR) is 129 cm³/mol. The molecule has 1 saturated carbocycles. The highest BCUT2D eigenvalue weighted by Crippen LogP contribution is 2.35. The molecule has 6 nitrogen and oxygen atoms in total. The summed E-state index contributed by atoms with van der Waals surface area (Å²) in [6.07, 6.45) is 10.3. The smallest absolute Gasteiger partial charge is 0.293 e. The molecule has 1 N–H and O–H groups in total. The molecule has 1 aromatic carbocycles. The van der Waals surface area contributed by atoms with Gasteiger partial charge < -0.3 is 9.88 Å². The average molecular weight is 454 g/mol. The second kappa shape index (κ2) is 9.53. The van der Waals surface area contributed by atoms with Crippen LogP contribution in [0.4, 0.5) is 4.79 Å². The molecule has 1 aliphatic carbocycles. The van der Waals surface area contributed by atoms with Gasteiger partial charge in [0.15, 0.2) is 0 Å². The van der Waals surface area contributed by atoms with Gasteiger partial charge in [-0.2, -0.15) is 0 Å². The van der Waals surface area contributed by atoms with Crippen molar-refractivity contribution >= 4 is 45.8 Å². The molecule has 0 bridgehead atoms. The zero-order valence-corrected chi connectivity index (χ0v) is 19.8. The first-order chi connectivity index (χ1) is 15.4. The van der Waals surface area contributed by atoms with Crippen LogP contribution in [0.25, 0.3) is 17.0 Å². The molecule has 0 radical (unpaired) electrons. The second-order valence-corrected chi connectivity index (χ2v) is 9.92. The average Bonchev–Trinajstić information content (AvgIpc) is 3.25. The van der Waals surface area contributed by atoms with E-state index >= 15 is 0 Å². The van der Waals surface area contributed by atoms with Crippen molar-refractivity contribution in [2.75, 3.05) is 0 Å². The van der Waals surface area contributed by atoms with Gasteiger partial charge in [0.25, 0.3) is 11.1 Å². The van der Waals surface area contributed by atoms with E-state index in [2.05, 4.69) is 18.3 Å². The minimum atomic E-state index is -0.252. The minimum absolute atomic E-state index is 0.0198. The summed E-state index contributed by atoms with van der Waals surface area (Å²) in [5, 5.41) is 3.95. The number of hydrogen-bond donors (Lipinski definition) is 1. The van der Waals surface area contributed by atoms with Gasteiger partial charge in [-0.05, 0) is 56.5 Å². The number of imide groups is 1. The molecule has 1 saturated heterocycles. The van der Waals surface area contributed by atoms with E-state index in [0.29, 0.717) is 4.91 Å². The summed E-state index contributed by atoms with van der Waals surface area (Å²) >= 11 is 0.980. The minimum Gasteiger partial charge on any atom is -0.352 e. The van der Waals surface area contributed by atoms with E-state index in [1.54, 1.807) is 6.08 Å². The standard InChI is InChI=1S/C25H31N3O3S/c1-4-17-9-8-12-20-18(13-21-24(30)28(16(2)3)25(31)32-21)14-27(23(17)20)15-22(29)26-19-10-6-5-7-11-19/h8-9,12-14,16,19H,4-7,10-11,15H2,1-3H3,(H,26,29)/b21-13-. The van der Waals surface area contributed by atoms with Crippen LogP contribution in [0.3, 0.4) is 0 Å². The molecule has 1 aliphatic heterocycles. The first kappa shape index (κ1) is 22.6. The maximum absolute atomic E-state index is 12.8. The molecular weight excluding hydrogens is 422 g/mol. The van der Waals surface area contributed by atoms with Crippen LogP contribution in [0.1, 0.15) is 64.0 Å². The number of fused-ring (bicyclic) bond motifs is 1. The molecule has 3 amide bonds. The molecule has 1 aromatic heterocycles. The summed E-state index contributed by atoms with van der Waals surface area (Å²) in [7, 11) is 0. The van der Waals surface area contributed by atoms with Gasteiger partial charge in [-0.15, -0.1) is 0 Å². The lowest BCUT2D eigenvalue weighted by atomic mass is 9.95. The molecule has 32 heavy (non-hydrogen) atoms. The van der Waals surface area contributed by atoms with Crippen molar-refractivity contribution in [2.45, 2.75) is 77.9 Å². The maximum Gasteiger partial charge on any atom is 0.293 e. The van der Waals surface area contributed by atoms with Crippen molar-refractivity contribution in [1.82, 2.24) is 14.8 Å². The van der Waals surface area contributed by atoms with E-state index in [1.807, 2.05) is 36.7 Å². The van der Waals surface area contributed by atoms with Crippen LogP contribution >= 0.6 is 11.8 Å². The number of nitrogens with one attached hydrogen (secondary N) is 1. The Kier molecular flexibility index (Phi) is 6.74. The Morgan fingerprint density at radius 2 is 1.97 bits per heavy atom. The third kappa shape index (κ3) is 4.49. The number of carbonyl (C=O) groups is 3. The number of para-hydroxylation sites is 1. The summed E-state index contributed by atoms with van der Waals surface area (Å²) < 4.78 is 1.99. The Balaban J connectivity index is 1.66. The molecule has 0 spiro atoms. The molecule has 170 valence electrons. The molecule has 0 unspecified atom stereocenters. The fourth-order valence-corrected chi connectivity index (χ4v) is 5.68. The number of benzene rings is 1. The summed E-state index contributed by atoms with van der Waals surface area (Å²) in [6, 6.07) is 6.19. The highest BCUT2D eigenvalue weighted by molar-refractivity contribution is 8.18. The number of carbonyl (C=O) groups excluding carboxylic acids is 3. The number of thioether (sulfide) groups is 1. The maximum atomic E-state index is 12.8. The van der Waals surface area contributed by atoms with E-state index < -0.39 is 0 Å². The third-order valence-corrected chi connectivity index (χ3v) is 7.19. The third-order valence-electron chi connectivity index (χ3n) is 6.30. The number of nitrogens with zero attached hydrogens (tertiary/aromatic N) is 2. The monoisotopic (exact) mass is 453 g/mol. The topological polar surface area (TPSA) is 71.4 Å². The summed E-state index contributed by atoms with van der Waals surface area (Å²) in [5.74, 6) is -0.232. The summed E-state index contributed by atoms with van der Waals surface area (Å²) in [5.41, 5.74) is 3.03. The number of aryl methyl sites for hydroxylation is 1. The number of amides is 3. The van der Waals surface area contributed by atoms with Crippen LogP contribution < -0.4 is 5.32 Å². The van der Waals surface area contributed by atoms with Crippen molar-refractivity contribution in [1.29, 1.82) is 0 Å². The first-order valence-electron chi connectivity index (χ1n) is 11.6. The number of aromatic nitrogens is 1. The van der Waals surface area contributed by atoms with E-state index in [1.165, 1.54) is 24.2 Å². The second-order valence-electron chi connectivity index (χ2n) is 8.93. The van der Waals surface area contributed by atoms with Gasteiger partial charge in [-0.3, -0.25) is 19.3 Å². The van der Waals surface area contributed by atoms with E-state index in [0.717, 1.165) is 53.1 Å². The summed E-state index contributed by atoms with van der Waals surface area (Å²) in [4.78, 5) is 39.6. The van der Waals surface area contributed by atoms with Gasteiger partial charge in [0.1, 0.15) is 6.54 Å². The summed E-state index contributed by atoms with van der Waals surface area (Å²) in [6.45, 7) is 6.01. The number of rotatable bonds is 6. The van der Waals surface area contributed by atoms with Crippen LogP contribution in [-0.2, 0) is 22.6 Å². The SMILES string of the molecule is CCc1cccc2c(/C=C3\SC(=O)N(C(C)C)C3=O)cn(CC(=O)NC3CCCCC3)c12. The van der Waals surface area contributed by atoms with E-state index in [9.17, 15) is 14.4 Å². The zero-order valence-electron chi connectivity index (χ0n) is 19.0. The quantitative estimate of drug-likeness (QED) is 0.618. The highest BCUT2D eigenvalue weighted by atomic mass is 32.2. The molecule has 4 rings (SSSR count). The highest BCUT2D eigenvalue weighted by Gasteiger charge is 2.36. The largest absolute Gasteiger partial charge is 0.352 e. The molecule has 2 aliphatic rings. The Morgan fingerprint density at radius 3 is 2.62 bits per heavy atom. The Labute approximate surface area is 193 Å². The fraction of sp³-hybridized carbons (Fsp3) is 0.480. The van der Waals surface area contributed by atoms with Gasteiger partial charge >= 0.3 is 0 Å². The van der Waals surface area contributed by atoms with Crippen LogP contribution in [0, 0.1) is 0 Å². The predicted octanol–water partition coefficient (Wildman–Crippen LogP) is 5.10. The van der Waals surface area contributed by atoms with Crippen molar-refractivity contribution in [3.63, 3.8) is 0 Å². The van der Waals surface area contributed by atoms with E-state index in [4.69, 9.17) is 0 Å². The Bertz CT molecular complexity index is 1080. The Hall–Kier alpha value is -2.54. The fourth-order valence-electron chi connectivity index (χ4n) is 4.73. The van der Waals surface area contributed by atoms with Crippen molar-refractivity contribution in [3.8, 4) is 0 Å². The lowest BCUT2D eigenvalue weighted by Crippen LogP contribution is -2.38. The zero-order chi connectivity index (χ0) is 22.8. The normalized spacial score (nSPS) is 19.0. The van der Waals surface area contributed by atoms with Gasteiger partial charge in [-0.25, -0.2) is 0 Å². The molecule has 2 heterocycles. The van der Waals surface area contributed by atoms with Crippen molar-refractivity contribution < 1.29 is 14.4 Å². The van der Waals surface area contributed by atoms with Gasteiger partial charge in [0.2, 0.25) is 5.91 Å². The lowest BCUT2D eigenvalue weighted by Gasteiger charge is -2.23. The number of hydrogen-bond acceptors (Lipinski definition) is 4. The Morgan fingerprint density at radius 1 is 1.22 bits per heavy atom. The molecule has 2 aromatic rings. The van der Waals surface area contributed by atoms with Gasteiger partial charge in [0.05, 0.1) is 10.4 Å². The first-order valence-corrected chi connectivity index (χ1v) is 12.4. The molecule has 2 fully saturated rings. The molecule has 7 heteroatoms. The van der Waals surface area contributed by atoms with Crippen LogP contribution in [0.5, 0.6) is 0 Å². The van der Waals surface area contributed by atoms with Crippen molar-refractivity contribution in [2.24, 2.45) is 0 Å². The molecule has 0 atom stereocenters.